The van der Waals surface area contributed by atoms with Gasteiger partial charge >= 0.3 is 0 Å². The largest absolute Gasteiger partial charge is 0.329 e. The zero-order valence-corrected chi connectivity index (χ0v) is 11.1. The second kappa shape index (κ2) is 6.01. The minimum atomic E-state index is -0.164. The number of hydrogen-bond donors (Lipinski definition) is 2. The molecule has 0 bridgehead atoms. The van der Waals surface area contributed by atoms with Crippen LogP contribution in [0.3, 0.4) is 0 Å². The minimum Gasteiger partial charge on any atom is -0.329 e. The lowest BCUT2D eigenvalue weighted by molar-refractivity contribution is 0.424. The Balaban J connectivity index is 2.76. The van der Waals surface area contributed by atoms with Crippen molar-refractivity contribution >= 4 is 12.0 Å². The Morgan fingerprint density at radius 3 is 2.76 bits per heavy atom. The second-order valence-electron chi connectivity index (χ2n) is 4.78. The molecular formula is C12H17N3OS. The highest BCUT2D eigenvalue weighted by Crippen LogP contribution is 2.24. The van der Waals surface area contributed by atoms with Crippen molar-refractivity contribution in [2.24, 2.45) is 0 Å². The summed E-state index contributed by atoms with van der Waals surface area (Å²) in [6.07, 6.45) is 0. The predicted octanol–water partition coefficient (Wildman–Crippen LogP) is 2.59. The van der Waals surface area contributed by atoms with Crippen LogP contribution in [0.4, 0.5) is 0 Å². The molecule has 92 valence electrons. The van der Waals surface area contributed by atoms with E-state index >= 15 is 0 Å². The summed E-state index contributed by atoms with van der Waals surface area (Å²) in [7, 11) is 0. The molecule has 0 saturated heterocycles. The Labute approximate surface area is 106 Å². The summed E-state index contributed by atoms with van der Waals surface area (Å²) in [6, 6.07) is 7.25. The third-order valence-corrected chi connectivity index (χ3v) is 2.82. The van der Waals surface area contributed by atoms with E-state index in [0.29, 0.717) is 17.9 Å². The number of nitrogens with one attached hydrogen (secondary N) is 1. The molecule has 0 aromatic carbocycles. The van der Waals surface area contributed by atoms with Crippen molar-refractivity contribution in [3.05, 3.63) is 29.6 Å². The monoisotopic (exact) mass is 251 g/mol. The van der Waals surface area contributed by atoms with Gasteiger partial charge in [-0.2, -0.15) is 5.26 Å². The fourth-order valence-electron chi connectivity index (χ4n) is 1.29. The van der Waals surface area contributed by atoms with Gasteiger partial charge in [-0.15, -0.1) is 0 Å². The Morgan fingerprint density at radius 1 is 1.53 bits per heavy atom. The minimum absolute atomic E-state index is 0.0131. The first kappa shape index (κ1) is 14.0. The molecule has 0 aliphatic rings. The van der Waals surface area contributed by atoms with Gasteiger partial charge in [0.1, 0.15) is 11.8 Å². The number of hydrogen-bond acceptors (Lipinski definition) is 5. The second-order valence-corrected chi connectivity index (χ2v) is 5.56. The maximum absolute atomic E-state index is 9.29. The highest BCUT2D eigenvalue weighted by Gasteiger charge is 2.17. The fraction of sp³-hybridized carbons (Fsp3) is 0.500. The van der Waals surface area contributed by atoms with Gasteiger partial charge in [-0.3, -0.25) is 0 Å². The number of rotatable bonds is 4. The van der Waals surface area contributed by atoms with Gasteiger partial charge in [-0.1, -0.05) is 6.07 Å². The summed E-state index contributed by atoms with van der Waals surface area (Å²) in [4.78, 5) is 4.18. The van der Waals surface area contributed by atoms with Crippen LogP contribution < -0.4 is 5.32 Å². The third-order valence-electron chi connectivity index (χ3n) is 2.16. The molecule has 1 aromatic heterocycles. The summed E-state index contributed by atoms with van der Waals surface area (Å²) in [5.74, 6) is 0. The Hall–Kier alpha value is -1.09. The van der Waals surface area contributed by atoms with Crippen molar-refractivity contribution < 1.29 is 4.55 Å². The molecule has 4 nitrogen and oxygen atoms in total. The Morgan fingerprint density at radius 2 is 2.24 bits per heavy atom. The molecule has 2 N–H and O–H groups in total. The topological polar surface area (TPSA) is 68.9 Å². The van der Waals surface area contributed by atoms with Gasteiger partial charge in [0, 0.05) is 12.1 Å². The SMILES string of the molecule is CC(C)(C)NCC(SO)c1cccc(C#N)n1. The number of nitriles is 1. The standard InChI is InChI=1S/C12H17N3OS/c1-12(2,3)14-8-11(17-16)10-6-4-5-9(7-13)15-10/h4-6,11,14,16H,8H2,1-3H3. The van der Waals surface area contributed by atoms with Gasteiger partial charge in [0.05, 0.1) is 10.9 Å². The molecule has 1 heterocycles. The van der Waals surface area contributed by atoms with Crippen LogP contribution in [-0.4, -0.2) is 21.6 Å². The molecule has 0 radical (unpaired) electrons. The average molecular weight is 251 g/mol. The van der Waals surface area contributed by atoms with Crippen LogP contribution in [0.25, 0.3) is 0 Å². The van der Waals surface area contributed by atoms with Gasteiger partial charge in [0.15, 0.2) is 0 Å². The molecule has 0 fully saturated rings. The van der Waals surface area contributed by atoms with Gasteiger partial charge < -0.3 is 9.87 Å². The lowest BCUT2D eigenvalue weighted by Crippen LogP contribution is -2.38. The smallest absolute Gasteiger partial charge is 0.140 e. The molecular weight excluding hydrogens is 234 g/mol. The van der Waals surface area contributed by atoms with E-state index in [1.807, 2.05) is 12.1 Å². The summed E-state index contributed by atoms with van der Waals surface area (Å²) in [5, 5.41) is 11.9. The van der Waals surface area contributed by atoms with E-state index in [-0.39, 0.29) is 10.8 Å². The summed E-state index contributed by atoms with van der Waals surface area (Å²) in [5.41, 5.74) is 1.08. The van der Waals surface area contributed by atoms with Crippen LogP contribution in [0, 0.1) is 11.3 Å². The van der Waals surface area contributed by atoms with Crippen LogP contribution in [0.5, 0.6) is 0 Å². The average Bonchev–Trinajstić information content (AvgIpc) is 2.29. The van der Waals surface area contributed by atoms with Gasteiger partial charge in [-0.25, -0.2) is 4.98 Å². The van der Waals surface area contributed by atoms with E-state index in [1.165, 1.54) is 0 Å². The van der Waals surface area contributed by atoms with E-state index in [1.54, 1.807) is 12.1 Å². The molecule has 0 aliphatic heterocycles. The molecule has 17 heavy (non-hydrogen) atoms. The first-order valence-electron chi connectivity index (χ1n) is 5.38. The Kier molecular flexibility index (Phi) is 4.94. The van der Waals surface area contributed by atoms with E-state index in [2.05, 4.69) is 31.1 Å². The van der Waals surface area contributed by atoms with Gasteiger partial charge in [0.25, 0.3) is 0 Å². The molecule has 1 rings (SSSR count). The predicted molar refractivity (Wildman–Crippen MR) is 69.7 cm³/mol. The summed E-state index contributed by atoms with van der Waals surface area (Å²) in [6.45, 7) is 6.79. The van der Waals surface area contributed by atoms with E-state index < -0.39 is 0 Å². The molecule has 5 heteroatoms. The highest BCUT2D eigenvalue weighted by molar-refractivity contribution is 7.94. The zero-order chi connectivity index (χ0) is 12.9. The van der Waals surface area contributed by atoms with Crippen molar-refractivity contribution in [3.63, 3.8) is 0 Å². The number of aromatic nitrogens is 1. The van der Waals surface area contributed by atoms with Crippen LogP contribution >= 0.6 is 12.0 Å². The summed E-state index contributed by atoms with van der Waals surface area (Å²) >= 11 is 0.748. The molecule has 1 atom stereocenters. The van der Waals surface area contributed by atoms with E-state index in [0.717, 1.165) is 12.0 Å². The van der Waals surface area contributed by atoms with Crippen LogP contribution in [0.15, 0.2) is 18.2 Å². The lowest BCUT2D eigenvalue weighted by atomic mass is 10.1. The maximum Gasteiger partial charge on any atom is 0.140 e. The van der Waals surface area contributed by atoms with Crippen molar-refractivity contribution in [2.75, 3.05) is 6.54 Å². The highest BCUT2D eigenvalue weighted by atomic mass is 32.2. The molecule has 0 saturated carbocycles. The summed E-state index contributed by atoms with van der Waals surface area (Å²) < 4.78 is 9.29. The first-order chi connectivity index (χ1) is 7.96. The first-order valence-corrected chi connectivity index (χ1v) is 6.22. The van der Waals surface area contributed by atoms with Gasteiger partial charge in [0.2, 0.25) is 0 Å². The lowest BCUT2D eigenvalue weighted by Gasteiger charge is -2.23. The van der Waals surface area contributed by atoms with Gasteiger partial charge in [-0.05, 0) is 44.9 Å². The number of pyridine rings is 1. The Bertz CT molecular complexity index is 409. The molecule has 1 unspecified atom stereocenters. The third kappa shape index (κ3) is 4.73. The number of nitrogens with zero attached hydrogens (tertiary/aromatic N) is 2. The molecule has 0 amide bonds. The van der Waals surface area contributed by atoms with Crippen molar-refractivity contribution in [3.8, 4) is 6.07 Å². The van der Waals surface area contributed by atoms with E-state index in [4.69, 9.17) is 5.26 Å². The van der Waals surface area contributed by atoms with Crippen LogP contribution in [0.2, 0.25) is 0 Å². The van der Waals surface area contributed by atoms with Crippen LogP contribution in [-0.2, 0) is 0 Å². The zero-order valence-electron chi connectivity index (χ0n) is 10.3. The molecule has 1 aromatic rings. The molecule has 0 aliphatic carbocycles. The van der Waals surface area contributed by atoms with Crippen molar-refractivity contribution in [2.45, 2.75) is 31.6 Å². The van der Waals surface area contributed by atoms with Crippen molar-refractivity contribution in [1.82, 2.24) is 10.3 Å². The van der Waals surface area contributed by atoms with Crippen molar-refractivity contribution in [1.29, 1.82) is 5.26 Å². The quantitative estimate of drug-likeness (QED) is 0.805. The van der Waals surface area contributed by atoms with Crippen LogP contribution in [0.1, 0.15) is 37.4 Å². The van der Waals surface area contributed by atoms with E-state index in [9.17, 15) is 4.55 Å². The maximum atomic E-state index is 9.29. The molecule has 0 spiro atoms. The normalized spacial score (nSPS) is 13.1. The fourth-order valence-corrected chi connectivity index (χ4v) is 1.68.